The Balaban J connectivity index is 2.30. The molecule has 29 heavy (non-hydrogen) atoms. The number of nitrogens with one attached hydrogen (secondary N) is 1. The fraction of sp³-hybridized carbons (Fsp3) is 0.300. The van der Waals surface area contributed by atoms with Gasteiger partial charge in [-0.15, -0.1) is 0 Å². The summed E-state index contributed by atoms with van der Waals surface area (Å²) < 4.78 is 27.2. The lowest BCUT2D eigenvalue weighted by molar-refractivity contribution is -0.141. The zero-order chi connectivity index (χ0) is 21.6. The highest BCUT2D eigenvalue weighted by Gasteiger charge is 2.32. The van der Waals surface area contributed by atoms with Crippen LogP contribution in [0.4, 0.5) is 5.69 Å². The van der Waals surface area contributed by atoms with E-state index < -0.39 is 27.8 Å². The minimum Gasteiger partial charge on any atom is -0.399 e. The first-order valence-electron chi connectivity index (χ1n) is 9.13. The van der Waals surface area contributed by atoms with E-state index in [1.54, 1.807) is 38.1 Å². The number of nitrogens with zero attached hydrogens (tertiary/aromatic N) is 1. The molecule has 0 saturated heterocycles. The van der Waals surface area contributed by atoms with Crippen molar-refractivity contribution in [1.82, 2.24) is 9.62 Å². The van der Waals surface area contributed by atoms with Crippen LogP contribution in [0.5, 0.6) is 0 Å². The molecule has 0 aliphatic carbocycles. The van der Waals surface area contributed by atoms with E-state index in [0.717, 1.165) is 0 Å². The van der Waals surface area contributed by atoms with Crippen molar-refractivity contribution in [2.75, 3.05) is 18.8 Å². The van der Waals surface area contributed by atoms with Gasteiger partial charge in [0.2, 0.25) is 11.8 Å². The second-order valence-corrected chi connectivity index (χ2v) is 8.55. The van der Waals surface area contributed by atoms with E-state index in [4.69, 9.17) is 17.3 Å². The van der Waals surface area contributed by atoms with Gasteiger partial charge >= 0.3 is 0 Å². The summed E-state index contributed by atoms with van der Waals surface area (Å²) in [5.41, 5.74) is 6.93. The van der Waals surface area contributed by atoms with Crippen LogP contribution in [0, 0.1) is 5.92 Å². The number of hydrogen-bond acceptors (Lipinski definition) is 5. The molecule has 1 atom stereocenters. The van der Waals surface area contributed by atoms with E-state index in [1.807, 2.05) is 4.72 Å². The Hall–Kier alpha value is -2.58. The quantitative estimate of drug-likeness (QED) is 0.487. The summed E-state index contributed by atoms with van der Waals surface area (Å²) >= 11 is 5.79. The van der Waals surface area contributed by atoms with Gasteiger partial charge in [-0.3, -0.25) is 9.59 Å². The predicted octanol–water partition coefficient (Wildman–Crippen LogP) is 2.45. The molecule has 7 nitrogen and oxygen atoms in total. The van der Waals surface area contributed by atoms with Gasteiger partial charge in [-0.05, 0) is 62.2 Å². The molecule has 2 aromatic rings. The van der Waals surface area contributed by atoms with E-state index in [0.29, 0.717) is 29.4 Å². The van der Waals surface area contributed by atoms with Gasteiger partial charge in [0.05, 0.1) is 4.90 Å². The first-order valence-corrected chi connectivity index (χ1v) is 11.0. The number of rotatable bonds is 8. The van der Waals surface area contributed by atoms with Gasteiger partial charge in [0.25, 0.3) is 10.0 Å². The number of halogens is 1. The molecule has 156 valence electrons. The lowest BCUT2D eigenvalue weighted by atomic mass is 9.97. The van der Waals surface area contributed by atoms with Crippen LogP contribution >= 0.6 is 11.6 Å². The summed E-state index contributed by atoms with van der Waals surface area (Å²) in [6, 6.07) is 12.1. The van der Waals surface area contributed by atoms with E-state index in [-0.39, 0.29) is 11.3 Å². The molecule has 0 radical (unpaired) electrons. The van der Waals surface area contributed by atoms with E-state index >= 15 is 0 Å². The Bertz CT molecular complexity index is 956. The molecule has 0 aliphatic heterocycles. The molecule has 0 heterocycles. The Morgan fingerprint density at radius 1 is 1.03 bits per heavy atom. The molecule has 0 aliphatic rings. The molecule has 0 bridgehead atoms. The maximum absolute atomic E-state index is 12.9. The number of hydrogen-bond donors (Lipinski definition) is 2. The van der Waals surface area contributed by atoms with Crippen molar-refractivity contribution < 1.29 is 18.0 Å². The lowest BCUT2D eigenvalue weighted by Gasteiger charge is -2.24. The maximum Gasteiger partial charge on any atom is 0.264 e. The number of benzene rings is 2. The molecule has 0 fully saturated rings. The van der Waals surface area contributed by atoms with Crippen LogP contribution in [0.2, 0.25) is 5.02 Å². The van der Waals surface area contributed by atoms with Crippen molar-refractivity contribution in [1.29, 1.82) is 0 Å². The second kappa shape index (κ2) is 9.76. The Kier molecular flexibility index (Phi) is 7.64. The van der Waals surface area contributed by atoms with Gasteiger partial charge in [-0.1, -0.05) is 23.7 Å². The normalized spacial score (nSPS) is 12.2. The number of carbonyl (C=O) groups excluding carboxylic acids is 2. The fourth-order valence-corrected chi connectivity index (χ4v) is 3.96. The van der Waals surface area contributed by atoms with Crippen molar-refractivity contribution >= 4 is 39.1 Å². The van der Waals surface area contributed by atoms with Crippen LogP contribution in [0.1, 0.15) is 19.4 Å². The van der Waals surface area contributed by atoms with Crippen LogP contribution in [-0.2, 0) is 26.0 Å². The summed E-state index contributed by atoms with van der Waals surface area (Å²) in [7, 11) is -4.14. The number of sulfonamides is 1. The molecule has 2 aromatic carbocycles. The van der Waals surface area contributed by atoms with Gasteiger partial charge in [-0.2, -0.15) is 0 Å². The highest BCUT2D eigenvalue weighted by molar-refractivity contribution is 7.90. The largest absolute Gasteiger partial charge is 0.399 e. The van der Waals surface area contributed by atoms with Gasteiger partial charge in [-0.25, -0.2) is 13.1 Å². The van der Waals surface area contributed by atoms with Crippen LogP contribution < -0.4 is 10.5 Å². The van der Waals surface area contributed by atoms with Crippen LogP contribution in [0.25, 0.3) is 0 Å². The van der Waals surface area contributed by atoms with E-state index in [1.165, 1.54) is 29.2 Å². The van der Waals surface area contributed by atoms with Crippen LogP contribution in [0.15, 0.2) is 53.4 Å². The Morgan fingerprint density at radius 3 is 2.10 bits per heavy atom. The molecule has 0 spiro atoms. The Labute approximate surface area is 175 Å². The number of amides is 2. The molecule has 0 aromatic heterocycles. The average molecular weight is 438 g/mol. The molecule has 2 amide bonds. The SMILES string of the molecule is CCN(CC)C(=O)C(Cc1ccc(N)cc1)C(=O)NS(=O)(=O)c1ccc(Cl)cc1. The summed E-state index contributed by atoms with van der Waals surface area (Å²) in [5, 5.41) is 0.369. The lowest BCUT2D eigenvalue weighted by Crippen LogP contribution is -2.46. The molecule has 3 N–H and O–H groups in total. The van der Waals surface area contributed by atoms with E-state index in [9.17, 15) is 18.0 Å². The molecule has 1 unspecified atom stereocenters. The molecular weight excluding hydrogens is 414 g/mol. The van der Waals surface area contributed by atoms with Crippen molar-refractivity contribution in [2.45, 2.75) is 25.2 Å². The van der Waals surface area contributed by atoms with E-state index in [2.05, 4.69) is 0 Å². The third kappa shape index (κ3) is 5.95. The maximum atomic E-state index is 12.9. The summed E-state index contributed by atoms with van der Waals surface area (Å²) in [6.07, 6.45) is 0.0532. The topological polar surface area (TPSA) is 110 Å². The van der Waals surface area contributed by atoms with Crippen molar-refractivity contribution in [3.05, 3.63) is 59.1 Å². The first-order chi connectivity index (χ1) is 13.7. The van der Waals surface area contributed by atoms with Gasteiger partial charge in [0.15, 0.2) is 0 Å². The van der Waals surface area contributed by atoms with Crippen molar-refractivity contribution in [3.63, 3.8) is 0 Å². The number of anilines is 1. The second-order valence-electron chi connectivity index (χ2n) is 6.43. The molecule has 0 saturated carbocycles. The van der Waals surface area contributed by atoms with Gasteiger partial charge in [0, 0.05) is 23.8 Å². The molecule has 2 rings (SSSR count). The van der Waals surface area contributed by atoms with Gasteiger partial charge in [0.1, 0.15) is 5.92 Å². The molecule has 9 heteroatoms. The fourth-order valence-electron chi connectivity index (χ4n) is 2.81. The number of nitrogen functional groups attached to an aromatic ring is 1. The van der Waals surface area contributed by atoms with Gasteiger partial charge < -0.3 is 10.6 Å². The predicted molar refractivity (Wildman–Crippen MR) is 113 cm³/mol. The smallest absolute Gasteiger partial charge is 0.264 e. The average Bonchev–Trinajstić information content (AvgIpc) is 2.68. The minimum absolute atomic E-state index is 0.0532. The third-order valence-corrected chi connectivity index (χ3v) is 6.08. The Morgan fingerprint density at radius 2 is 1.59 bits per heavy atom. The van der Waals surface area contributed by atoms with Crippen molar-refractivity contribution in [3.8, 4) is 0 Å². The number of nitrogens with two attached hydrogens (primary N) is 1. The zero-order valence-corrected chi connectivity index (χ0v) is 17.8. The highest BCUT2D eigenvalue weighted by Crippen LogP contribution is 2.17. The summed E-state index contributed by atoms with van der Waals surface area (Å²) in [4.78, 5) is 27.2. The monoisotopic (exact) mass is 437 g/mol. The summed E-state index contributed by atoms with van der Waals surface area (Å²) in [5.74, 6) is -2.51. The third-order valence-electron chi connectivity index (χ3n) is 4.47. The first kappa shape index (κ1) is 22.7. The summed E-state index contributed by atoms with van der Waals surface area (Å²) in [6.45, 7) is 4.41. The highest BCUT2D eigenvalue weighted by atomic mass is 35.5. The standard InChI is InChI=1S/C20H24ClN3O4S/c1-3-24(4-2)20(26)18(13-14-5-9-16(22)10-6-14)19(25)23-29(27,28)17-11-7-15(21)8-12-17/h5-12,18H,3-4,13,22H2,1-2H3,(H,23,25). The minimum atomic E-state index is -4.14. The van der Waals surface area contributed by atoms with Crippen LogP contribution in [-0.4, -0.2) is 38.2 Å². The number of carbonyl (C=O) groups is 2. The molecular formula is C20H24ClN3O4S. The van der Waals surface area contributed by atoms with Crippen LogP contribution in [0.3, 0.4) is 0 Å². The zero-order valence-electron chi connectivity index (χ0n) is 16.3. The van der Waals surface area contributed by atoms with Crippen molar-refractivity contribution in [2.24, 2.45) is 5.92 Å².